The topological polar surface area (TPSA) is 41.5 Å². The summed E-state index contributed by atoms with van der Waals surface area (Å²) in [6, 6.07) is 16.0. The molecule has 1 unspecified atom stereocenters. The third-order valence-corrected chi connectivity index (χ3v) is 3.51. The third-order valence-electron chi connectivity index (χ3n) is 3.51. The molecule has 0 aliphatic carbocycles. The number of aryl methyl sites for hydroxylation is 1. The Morgan fingerprint density at radius 3 is 2.57 bits per heavy atom. The summed E-state index contributed by atoms with van der Waals surface area (Å²) in [5.41, 5.74) is 3.51. The molecule has 0 fully saturated rings. The van der Waals surface area contributed by atoms with Crippen molar-refractivity contribution in [2.75, 3.05) is 20.2 Å². The van der Waals surface area contributed by atoms with Gasteiger partial charge in [-0.25, -0.2) is 0 Å². The van der Waals surface area contributed by atoms with Crippen molar-refractivity contribution in [1.82, 2.24) is 5.32 Å². The predicted octanol–water partition coefficient (Wildman–Crippen LogP) is 2.87. The second-order valence-electron chi connectivity index (χ2n) is 5.23. The number of aliphatic hydroxyl groups is 1. The lowest BCUT2D eigenvalue weighted by Crippen LogP contribution is -2.23. The number of aliphatic hydroxyl groups excluding tert-OH is 1. The lowest BCUT2D eigenvalue weighted by atomic mass is 10.1. The monoisotopic (exact) mass is 285 g/mol. The Bertz CT molecular complexity index is 551. The van der Waals surface area contributed by atoms with E-state index in [0.29, 0.717) is 6.54 Å². The van der Waals surface area contributed by atoms with Crippen LogP contribution in [-0.2, 0) is 6.42 Å². The third kappa shape index (κ3) is 4.88. The minimum absolute atomic E-state index is 0.492. The molecule has 3 heteroatoms. The van der Waals surface area contributed by atoms with E-state index in [-0.39, 0.29) is 0 Å². The van der Waals surface area contributed by atoms with Crippen molar-refractivity contribution in [1.29, 1.82) is 0 Å². The highest BCUT2D eigenvalue weighted by Crippen LogP contribution is 2.16. The molecular weight excluding hydrogens is 262 g/mol. The van der Waals surface area contributed by atoms with Crippen LogP contribution in [0.5, 0.6) is 5.75 Å². The van der Waals surface area contributed by atoms with Gasteiger partial charge in [-0.2, -0.15) is 0 Å². The highest BCUT2D eigenvalue weighted by atomic mass is 16.5. The maximum Gasteiger partial charge on any atom is 0.118 e. The average molecular weight is 285 g/mol. The van der Waals surface area contributed by atoms with E-state index in [9.17, 15) is 5.11 Å². The largest absolute Gasteiger partial charge is 0.497 e. The summed E-state index contributed by atoms with van der Waals surface area (Å²) in [4.78, 5) is 0. The molecule has 2 N–H and O–H groups in total. The van der Waals surface area contributed by atoms with Gasteiger partial charge in [0.25, 0.3) is 0 Å². The zero-order valence-electron chi connectivity index (χ0n) is 12.7. The molecule has 21 heavy (non-hydrogen) atoms. The van der Waals surface area contributed by atoms with Gasteiger partial charge in [-0.05, 0) is 43.1 Å². The van der Waals surface area contributed by atoms with E-state index in [0.717, 1.165) is 24.3 Å². The maximum atomic E-state index is 10.1. The van der Waals surface area contributed by atoms with Gasteiger partial charge in [-0.3, -0.25) is 0 Å². The summed E-state index contributed by atoms with van der Waals surface area (Å²) in [7, 11) is 1.64. The molecule has 0 saturated heterocycles. The molecule has 1 atom stereocenters. The van der Waals surface area contributed by atoms with Gasteiger partial charge in [0, 0.05) is 6.54 Å². The molecule has 2 rings (SSSR count). The number of nitrogens with one attached hydrogen (secondary N) is 1. The zero-order chi connectivity index (χ0) is 15.1. The fourth-order valence-corrected chi connectivity index (χ4v) is 2.28. The van der Waals surface area contributed by atoms with Crippen LogP contribution in [0.3, 0.4) is 0 Å². The average Bonchev–Trinajstić information content (AvgIpc) is 2.51. The first kappa shape index (κ1) is 15.5. The smallest absolute Gasteiger partial charge is 0.118 e. The summed E-state index contributed by atoms with van der Waals surface area (Å²) < 4.78 is 5.11. The van der Waals surface area contributed by atoms with Gasteiger partial charge >= 0.3 is 0 Å². The first-order valence-electron chi connectivity index (χ1n) is 7.27. The second kappa shape index (κ2) is 7.81. The summed E-state index contributed by atoms with van der Waals surface area (Å²) in [6.07, 6.45) is 0.477. The van der Waals surface area contributed by atoms with Crippen molar-refractivity contribution < 1.29 is 9.84 Å². The molecule has 2 aromatic rings. The summed E-state index contributed by atoms with van der Waals surface area (Å²) in [5, 5.41) is 13.4. The van der Waals surface area contributed by atoms with Crippen molar-refractivity contribution in [3.8, 4) is 5.75 Å². The van der Waals surface area contributed by atoms with Crippen LogP contribution in [0.25, 0.3) is 0 Å². The van der Waals surface area contributed by atoms with E-state index >= 15 is 0 Å². The molecule has 0 saturated carbocycles. The van der Waals surface area contributed by atoms with Crippen LogP contribution in [0, 0.1) is 6.92 Å². The quantitative estimate of drug-likeness (QED) is 0.769. The van der Waals surface area contributed by atoms with E-state index in [1.54, 1.807) is 7.11 Å². The number of ether oxygens (including phenoxy) is 1. The Labute approximate surface area is 126 Å². The van der Waals surface area contributed by atoms with Crippen molar-refractivity contribution in [3.05, 3.63) is 65.2 Å². The van der Waals surface area contributed by atoms with Crippen molar-refractivity contribution in [2.24, 2.45) is 0 Å². The molecule has 0 amide bonds. The second-order valence-corrected chi connectivity index (χ2v) is 5.23. The van der Waals surface area contributed by atoms with Gasteiger partial charge in [-0.15, -0.1) is 0 Å². The molecular formula is C18H23NO2. The molecule has 112 valence electrons. The minimum atomic E-state index is -0.492. The summed E-state index contributed by atoms with van der Waals surface area (Å²) >= 11 is 0. The Balaban J connectivity index is 1.74. The van der Waals surface area contributed by atoms with Crippen LogP contribution < -0.4 is 10.1 Å². The number of benzene rings is 2. The molecule has 0 bridgehead atoms. The van der Waals surface area contributed by atoms with Gasteiger partial charge in [0.1, 0.15) is 5.75 Å². The molecule has 2 aromatic carbocycles. The van der Waals surface area contributed by atoms with Gasteiger partial charge in [0.15, 0.2) is 0 Å². The SMILES string of the molecule is COc1ccc(C(O)CNCCc2cccc(C)c2)cc1. The van der Waals surface area contributed by atoms with Crippen LogP contribution in [0.4, 0.5) is 0 Å². The number of rotatable bonds is 7. The fraction of sp³-hybridized carbons (Fsp3) is 0.333. The highest BCUT2D eigenvalue weighted by molar-refractivity contribution is 5.28. The molecule has 0 heterocycles. The fourth-order valence-electron chi connectivity index (χ4n) is 2.28. The Morgan fingerprint density at radius 1 is 1.14 bits per heavy atom. The first-order valence-corrected chi connectivity index (χ1v) is 7.27. The molecule has 0 aliphatic rings. The van der Waals surface area contributed by atoms with E-state index in [4.69, 9.17) is 4.74 Å². The predicted molar refractivity (Wildman–Crippen MR) is 85.7 cm³/mol. The first-order chi connectivity index (χ1) is 10.2. The van der Waals surface area contributed by atoms with Crippen LogP contribution in [0.1, 0.15) is 22.8 Å². The van der Waals surface area contributed by atoms with Crippen LogP contribution in [0.15, 0.2) is 48.5 Å². The lowest BCUT2D eigenvalue weighted by molar-refractivity contribution is 0.175. The molecule has 0 spiro atoms. The van der Waals surface area contributed by atoms with Crippen LogP contribution >= 0.6 is 0 Å². The number of hydrogen-bond donors (Lipinski definition) is 2. The minimum Gasteiger partial charge on any atom is -0.497 e. The summed E-state index contributed by atoms with van der Waals surface area (Å²) in [5.74, 6) is 0.804. The Kier molecular flexibility index (Phi) is 5.78. The van der Waals surface area contributed by atoms with E-state index in [1.807, 2.05) is 24.3 Å². The number of methoxy groups -OCH3 is 1. The van der Waals surface area contributed by atoms with Crippen LogP contribution in [-0.4, -0.2) is 25.3 Å². The van der Waals surface area contributed by atoms with E-state index < -0.39 is 6.10 Å². The Morgan fingerprint density at radius 2 is 1.90 bits per heavy atom. The zero-order valence-corrected chi connectivity index (χ0v) is 12.7. The molecule has 0 aromatic heterocycles. The van der Waals surface area contributed by atoms with E-state index in [1.165, 1.54) is 11.1 Å². The standard InChI is InChI=1S/C18H23NO2/c1-14-4-3-5-15(12-14)10-11-19-13-18(20)16-6-8-17(21-2)9-7-16/h3-9,12,18-20H,10-11,13H2,1-2H3. The van der Waals surface area contributed by atoms with Crippen molar-refractivity contribution in [2.45, 2.75) is 19.4 Å². The van der Waals surface area contributed by atoms with Gasteiger partial charge in [0.05, 0.1) is 13.2 Å². The van der Waals surface area contributed by atoms with Crippen molar-refractivity contribution >= 4 is 0 Å². The summed E-state index contributed by atoms with van der Waals surface area (Å²) in [6.45, 7) is 3.51. The maximum absolute atomic E-state index is 10.1. The Hall–Kier alpha value is -1.84. The molecule has 0 radical (unpaired) electrons. The van der Waals surface area contributed by atoms with Gasteiger partial charge in [0.2, 0.25) is 0 Å². The normalized spacial score (nSPS) is 12.1. The highest BCUT2D eigenvalue weighted by Gasteiger charge is 2.06. The number of hydrogen-bond acceptors (Lipinski definition) is 3. The molecule has 0 aliphatic heterocycles. The lowest BCUT2D eigenvalue weighted by Gasteiger charge is -2.13. The van der Waals surface area contributed by atoms with E-state index in [2.05, 4.69) is 36.5 Å². The molecule has 3 nitrogen and oxygen atoms in total. The van der Waals surface area contributed by atoms with Gasteiger partial charge < -0.3 is 15.2 Å². The van der Waals surface area contributed by atoms with Crippen molar-refractivity contribution in [3.63, 3.8) is 0 Å². The van der Waals surface area contributed by atoms with Gasteiger partial charge in [-0.1, -0.05) is 42.0 Å². The van der Waals surface area contributed by atoms with Crippen LogP contribution in [0.2, 0.25) is 0 Å².